The first-order valence-corrected chi connectivity index (χ1v) is 5.66. The molecular formula is C11H17N3O3. The van der Waals surface area contributed by atoms with Crippen molar-refractivity contribution in [3.8, 4) is 0 Å². The van der Waals surface area contributed by atoms with Crippen LogP contribution in [0.15, 0.2) is 12.4 Å². The fourth-order valence-electron chi connectivity index (χ4n) is 1.29. The van der Waals surface area contributed by atoms with Crippen LogP contribution in [-0.4, -0.2) is 33.3 Å². The average Bonchev–Trinajstić information content (AvgIpc) is 2.75. The number of carbonyl (C=O) groups is 2. The highest BCUT2D eigenvalue weighted by Crippen LogP contribution is 1.99. The van der Waals surface area contributed by atoms with Crippen molar-refractivity contribution < 1.29 is 14.7 Å². The van der Waals surface area contributed by atoms with Gasteiger partial charge in [0.25, 0.3) is 5.91 Å². The Bertz CT molecular complexity index is 387. The number of aryl methyl sites for hydroxylation is 1. The summed E-state index contributed by atoms with van der Waals surface area (Å²) in [5.74, 6) is -1.05. The maximum Gasteiger partial charge on any atom is 0.305 e. The molecule has 0 aliphatic carbocycles. The summed E-state index contributed by atoms with van der Waals surface area (Å²) in [6.07, 6.45) is 4.98. The average molecular weight is 239 g/mol. The van der Waals surface area contributed by atoms with Gasteiger partial charge in [0.05, 0.1) is 24.7 Å². The van der Waals surface area contributed by atoms with E-state index in [9.17, 15) is 9.59 Å². The monoisotopic (exact) mass is 239 g/mol. The molecule has 0 aliphatic heterocycles. The topological polar surface area (TPSA) is 84.2 Å². The lowest BCUT2D eigenvalue weighted by molar-refractivity contribution is -0.137. The Balaban J connectivity index is 2.43. The summed E-state index contributed by atoms with van der Waals surface area (Å²) in [7, 11) is 0. The van der Waals surface area contributed by atoms with Crippen LogP contribution < -0.4 is 5.32 Å². The lowest BCUT2D eigenvalue weighted by Gasteiger charge is -2.01. The Hall–Kier alpha value is -1.85. The molecule has 1 amide bonds. The molecule has 0 fully saturated rings. The number of carboxylic acid groups (broad SMARTS) is 1. The van der Waals surface area contributed by atoms with Gasteiger partial charge in [-0.05, 0) is 6.42 Å². The van der Waals surface area contributed by atoms with E-state index in [-0.39, 0.29) is 18.9 Å². The second-order valence-electron chi connectivity index (χ2n) is 3.75. The molecule has 0 saturated carbocycles. The van der Waals surface area contributed by atoms with E-state index in [0.717, 1.165) is 12.8 Å². The zero-order chi connectivity index (χ0) is 12.7. The van der Waals surface area contributed by atoms with Crippen molar-refractivity contribution in [3.63, 3.8) is 0 Å². The van der Waals surface area contributed by atoms with Gasteiger partial charge in [0.2, 0.25) is 0 Å². The van der Waals surface area contributed by atoms with E-state index in [4.69, 9.17) is 5.11 Å². The SMILES string of the molecule is CCCCNC(=O)c1cnn(CCC(=O)O)c1. The number of carboxylic acids is 1. The van der Waals surface area contributed by atoms with Crippen molar-refractivity contribution in [1.29, 1.82) is 0 Å². The van der Waals surface area contributed by atoms with Crippen LogP contribution in [0.3, 0.4) is 0 Å². The molecule has 1 aromatic heterocycles. The second kappa shape index (κ2) is 6.67. The molecule has 0 radical (unpaired) electrons. The fourth-order valence-corrected chi connectivity index (χ4v) is 1.29. The van der Waals surface area contributed by atoms with Crippen LogP contribution in [0.1, 0.15) is 36.5 Å². The minimum absolute atomic E-state index is 0.00141. The van der Waals surface area contributed by atoms with Gasteiger partial charge in [-0.3, -0.25) is 14.3 Å². The molecule has 0 spiro atoms. The number of nitrogens with one attached hydrogen (secondary N) is 1. The van der Waals surface area contributed by atoms with Crippen LogP contribution in [-0.2, 0) is 11.3 Å². The summed E-state index contributed by atoms with van der Waals surface area (Å²) in [5, 5.41) is 15.2. The maximum atomic E-state index is 11.6. The van der Waals surface area contributed by atoms with Crippen LogP contribution in [0.5, 0.6) is 0 Å². The number of hydrogen-bond acceptors (Lipinski definition) is 3. The van der Waals surface area contributed by atoms with Crippen LogP contribution >= 0.6 is 0 Å². The molecule has 94 valence electrons. The lowest BCUT2D eigenvalue weighted by Crippen LogP contribution is -2.23. The molecule has 2 N–H and O–H groups in total. The first-order chi connectivity index (χ1) is 8.13. The fraction of sp³-hybridized carbons (Fsp3) is 0.545. The number of hydrogen-bond donors (Lipinski definition) is 2. The highest BCUT2D eigenvalue weighted by molar-refractivity contribution is 5.93. The molecule has 17 heavy (non-hydrogen) atoms. The summed E-state index contributed by atoms with van der Waals surface area (Å²) in [4.78, 5) is 22.0. The largest absolute Gasteiger partial charge is 0.481 e. The van der Waals surface area contributed by atoms with Crippen molar-refractivity contribution in [1.82, 2.24) is 15.1 Å². The van der Waals surface area contributed by atoms with E-state index in [2.05, 4.69) is 17.3 Å². The van der Waals surface area contributed by atoms with Crippen molar-refractivity contribution in [2.45, 2.75) is 32.7 Å². The number of unbranched alkanes of at least 4 members (excludes halogenated alkanes) is 1. The molecule has 0 atom stereocenters. The summed E-state index contributed by atoms with van der Waals surface area (Å²) in [6.45, 7) is 2.98. The van der Waals surface area contributed by atoms with Gasteiger partial charge < -0.3 is 10.4 Å². The maximum absolute atomic E-state index is 11.6. The number of aromatic nitrogens is 2. The highest BCUT2D eigenvalue weighted by Gasteiger charge is 2.08. The zero-order valence-corrected chi connectivity index (χ0v) is 9.85. The minimum Gasteiger partial charge on any atom is -0.481 e. The normalized spacial score (nSPS) is 10.2. The van der Waals surface area contributed by atoms with E-state index < -0.39 is 5.97 Å². The first kappa shape index (κ1) is 13.2. The third-order valence-corrected chi connectivity index (χ3v) is 2.27. The Labute approximate surface area is 99.6 Å². The molecule has 0 aromatic carbocycles. The summed E-state index contributed by atoms with van der Waals surface area (Å²) >= 11 is 0. The molecule has 0 unspecified atom stereocenters. The third kappa shape index (κ3) is 4.67. The number of nitrogens with zero attached hydrogens (tertiary/aromatic N) is 2. The highest BCUT2D eigenvalue weighted by atomic mass is 16.4. The number of amides is 1. The van der Waals surface area contributed by atoms with Gasteiger partial charge >= 0.3 is 5.97 Å². The molecule has 0 bridgehead atoms. The van der Waals surface area contributed by atoms with Crippen LogP contribution in [0.2, 0.25) is 0 Å². The van der Waals surface area contributed by atoms with Crippen LogP contribution in [0.4, 0.5) is 0 Å². The summed E-state index contributed by atoms with van der Waals surface area (Å²) in [5.41, 5.74) is 0.464. The van der Waals surface area contributed by atoms with Crippen LogP contribution in [0.25, 0.3) is 0 Å². The predicted octanol–water partition coefficient (Wildman–Crippen LogP) is 0.888. The van der Waals surface area contributed by atoms with E-state index in [0.29, 0.717) is 12.1 Å². The Morgan fingerprint density at radius 3 is 2.94 bits per heavy atom. The standard InChI is InChI=1S/C11H17N3O3/c1-2-3-5-12-11(17)9-7-13-14(8-9)6-4-10(15)16/h7-8H,2-6H2,1H3,(H,12,17)(H,15,16). The number of carbonyl (C=O) groups excluding carboxylic acids is 1. The molecule has 1 rings (SSSR count). The Kier molecular flexibility index (Phi) is 5.19. The quantitative estimate of drug-likeness (QED) is 0.692. The summed E-state index contributed by atoms with van der Waals surface area (Å²) in [6, 6.07) is 0. The van der Waals surface area contributed by atoms with E-state index in [1.165, 1.54) is 10.9 Å². The third-order valence-electron chi connectivity index (χ3n) is 2.27. The number of aliphatic carboxylic acids is 1. The Morgan fingerprint density at radius 1 is 1.53 bits per heavy atom. The van der Waals surface area contributed by atoms with Gasteiger partial charge in [0.1, 0.15) is 0 Å². The predicted molar refractivity (Wildman–Crippen MR) is 61.7 cm³/mol. The van der Waals surface area contributed by atoms with Gasteiger partial charge in [0, 0.05) is 12.7 Å². The van der Waals surface area contributed by atoms with Crippen LogP contribution in [0, 0.1) is 0 Å². The molecular weight excluding hydrogens is 222 g/mol. The smallest absolute Gasteiger partial charge is 0.305 e. The Morgan fingerprint density at radius 2 is 2.29 bits per heavy atom. The van der Waals surface area contributed by atoms with Crippen molar-refractivity contribution in [2.75, 3.05) is 6.54 Å². The van der Waals surface area contributed by atoms with E-state index >= 15 is 0 Å². The van der Waals surface area contributed by atoms with Gasteiger partial charge in [0.15, 0.2) is 0 Å². The van der Waals surface area contributed by atoms with Crippen molar-refractivity contribution in [3.05, 3.63) is 18.0 Å². The van der Waals surface area contributed by atoms with Crippen molar-refractivity contribution >= 4 is 11.9 Å². The van der Waals surface area contributed by atoms with E-state index in [1.807, 2.05) is 0 Å². The molecule has 1 heterocycles. The second-order valence-corrected chi connectivity index (χ2v) is 3.75. The van der Waals surface area contributed by atoms with Gasteiger partial charge in [-0.1, -0.05) is 13.3 Å². The lowest BCUT2D eigenvalue weighted by atomic mass is 10.3. The van der Waals surface area contributed by atoms with Gasteiger partial charge in [-0.15, -0.1) is 0 Å². The molecule has 1 aromatic rings. The minimum atomic E-state index is -0.880. The number of rotatable bonds is 7. The van der Waals surface area contributed by atoms with Gasteiger partial charge in [-0.25, -0.2) is 0 Å². The molecule has 6 nitrogen and oxygen atoms in total. The first-order valence-electron chi connectivity index (χ1n) is 5.66. The van der Waals surface area contributed by atoms with Crippen molar-refractivity contribution in [2.24, 2.45) is 0 Å². The van der Waals surface area contributed by atoms with Gasteiger partial charge in [-0.2, -0.15) is 5.10 Å². The zero-order valence-electron chi connectivity index (χ0n) is 9.85. The molecule has 0 aliphatic rings. The summed E-state index contributed by atoms with van der Waals surface area (Å²) < 4.78 is 1.46. The molecule has 0 saturated heterocycles. The van der Waals surface area contributed by atoms with E-state index in [1.54, 1.807) is 6.20 Å². The molecule has 6 heteroatoms.